The zero-order valence-electron chi connectivity index (χ0n) is 17.2. The number of nitrogens with zero attached hydrogens (tertiary/aromatic N) is 2. The minimum absolute atomic E-state index is 0.116. The molecule has 0 fully saturated rings. The molecule has 0 saturated carbocycles. The summed E-state index contributed by atoms with van der Waals surface area (Å²) >= 11 is 1.37. The number of aryl methyl sites for hydroxylation is 2. The second-order valence-electron chi connectivity index (χ2n) is 7.50. The molecule has 31 heavy (non-hydrogen) atoms. The van der Waals surface area contributed by atoms with Crippen molar-refractivity contribution in [2.75, 3.05) is 10.7 Å². The highest BCUT2D eigenvalue weighted by Crippen LogP contribution is 2.32. The molecule has 0 unspecified atom stereocenters. The lowest BCUT2D eigenvalue weighted by atomic mass is 10.1. The quantitative estimate of drug-likeness (QED) is 0.406. The number of carbonyl (C=O) groups excluding carboxylic acids is 1. The van der Waals surface area contributed by atoms with Gasteiger partial charge >= 0.3 is 0 Å². The van der Waals surface area contributed by atoms with Crippen LogP contribution in [0.3, 0.4) is 0 Å². The van der Waals surface area contributed by atoms with E-state index in [2.05, 4.69) is 4.98 Å². The molecule has 8 heteroatoms. The second kappa shape index (κ2) is 8.64. The number of fused-ring (bicyclic) bond motifs is 1. The minimum atomic E-state index is -3.66. The fraction of sp³-hybridized carbons (Fsp3) is 0.217. The van der Waals surface area contributed by atoms with Gasteiger partial charge in [0.25, 0.3) is 0 Å². The molecule has 4 rings (SSSR count). The number of carbonyl (C=O) groups is 1. The van der Waals surface area contributed by atoms with E-state index in [1.54, 1.807) is 36.4 Å². The third-order valence-electron chi connectivity index (χ3n) is 4.82. The molecule has 2 heterocycles. The molecular formula is C23H22N2O4S2. The van der Waals surface area contributed by atoms with E-state index in [4.69, 9.17) is 4.42 Å². The number of amides is 1. The molecule has 2 aromatic heterocycles. The van der Waals surface area contributed by atoms with E-state index in [1.807, 2.05) is 32.0 Å². The highest BCUT2D eigenvalue weighted by atomic mass is 32.2. The summed E-state index contributed by atoms with van der Waals surface area (Å²) < 4.78 is 31.8. The van der Waals surface area contributed by atoms with Crippen LogP contribution >= 0.6 is 11.3 Å². The number of aromatic nitrogens is 1. The molecule has 0 saturated heterocycles. The SMILES string of the molecule is Cc1cc(C)c2nc(N(Cc3ccco3)C(=O)CS(=O)(=O)Cc3ccccc3)sc2c1. The van der Waals surface area contributed by atoms with Gasteiger partial charge in [0.05, 0.1) is 28.8 Å². The predicted octanol–water partition coefficient (Wildman–Crippen LogP) is 4.65. The molecule has 0 spiro atoms. The molecule has 2 aromatic carbocycles. The molecule has 6 nitrogen and oxygen atoms in total. The van der Waals surface area contributed by atoms with Crippen molar-refractivity contribution in [3.8, 4) is 0 Å². The number of thiazole rings is 1. The first-order chi connectivity index (χ1) is 14.8. The second-order valence-corrected chi connectivity index (χ2v) is 10.6. The summed E-state index contributed by atoms with van der Waals surface area (Å²) in [6, 6.07) is 16.4. The van der Waals surface area contributed by atoms with Crippen molar-refractivity contribution in [2.24, 2.45) is 0 Å². The summed E-state index contributed by atoms with van der Waals surface area (Å²) in [5.41, 5.74) is 3.59. The molecule has 4 aromatic rings. The van der Waals surface area contributed by atoms with Crippen LogP contribution in [-0.2, 0) is 26.9 Å². The molecule has 0 radical (unpaired) electrons. The van der Waals surface area contributed by atoms with Gasteiger partial charge in [0, 0.05) is 0 Å². The van der Waals surface area contributed by atoms with Crippen LogP contribution in [0.1, 0.15) is 22.5 Å². The lowest BCUT2D eigenvalue weighted by Crippen LogP contribution is -2.35. The van der Waals surface area contributed by atoms with Gasteiger partial charge in [0.15, 0.2) is 15.0 Å². The Morgan fingerprint density at radius 3 is 2.58 bits per heavy atom. The van der Waals surface area contributed by atoms with Gasteiger partial charge in [-0.05, 0) is 48.7 Å². The van der Waals surface area contributed by atoms with E-state index < -0.39 is 21.5 Å². The summed E-state index contributed by atoms with van der Waals surface area (Å²) in [6.45, 7) is 4.10. The van der Waals surface area contributed by atoms with Gasteiger partial charge < -0.3 is 4.42 Å². The zero-order valence-corrected chi connectivity index (χ0v) is 18.9. The van der Waals surface area contributed by atoms with Gasteiger partial charge in [-0.15, -0.1) is 0 Å². The molecule has 0 aliphatic carbocycles. The standard InChI is InChI=1S/C23H22N2O4S2/c1-16-11-17(2)22-20(12-16)30-23(24-22)25(13-19-9-6-10-29-19)21(26)15-31(27,28)14-18-7-4-3-5-8-18/h3-12H,13-15H2,1-2H3. The molecular weight excluding hydrogens is 432 g/mol. The number of anilines is 1. The fourth-order valence-electron chi connectivity index (χ4n) is 3.44. The Balaban J connectivity index is 1.65. The summed E-state index contributed by atoms with van der Waals surface area (Å²) in [5, 5.41) is 0.458. The average molecular weight is 455 g/mol. The van der Waals surface area contributed by atoms with Crippen molar-refractivity contribution >= 4 is 42.4 Å². The predicted molar refractivity (Wildman–Crippen MR) is 123 cm³/mol. The maximum Gasteiger partial charge on any atom is 0.244 e. The van der Waals surface area contributed by atoms with Gasteiger partial charge in [-0.2, -0.15) is 0 Å². The average Bonchev–Trinajstić information content (AvgIpc) is 3.35. The first-order valence-corrected chi connectivity index (χ1v) is 12.4. The van der Waals surface area contributed by atoms with E-state index in [9.17, 15) is 13.2 Å². The molecule has 160 valence electrons. The van der Waals surface area contributed by atoms with Crippen LogP contribution in [0.5, 0.6) is 0 Å². The van der Waals surface area contributed by atoms with E-state index in [0.29, 0.717) is 16.5 Å². The van der Waals surface area contributed by atoms with Crippen LogP contribution in [0.4, 0.5) is 5.13 Å². The van der Waals surface area contributed by atoms with Crippen LogP contribution in [0, 0.1) is 13.8 Å². The molecule has 1 amide bonds. The summed E-state index contributed by atoms with van der Waals surface area (Å²) in [4.78, 5) is 19.2. The van der Waals surface area contributed by atoms with E-state index in [1.165, 1.54) is 22.5 Å². The number of hydrogen-bond donors (Lipinski definition) is 0. The third kappa shape index (κ3) is 5.03. The third-order valence-corrected chi connectivity index (χ3v) is 7.30. The summed E-state index contributed by atoms with van der Waals surface area (Å²) in [5.74, 6) is -0.759. The minimum Gasteiger partial charge on any atom is -0.467 e. The Morgan fingerprint density at radius 1 is 1.10 bits per heavy atom. The van der Waals surface area contributed by atoms with Crippen molar-refractivity contribution < 1.29 is 17.6 Å². The largest absolute Gasteiger partial charge is 0.467 e. The highest BCUT2D eigenvalue weighted by molar-refractivity contribution is 7.91. The molecule has 0 atom stereocenters. The number of hydrogen-bond acceptors (Lipinski definition) is 6. The van der Waals surface area contributed by atoms with Gasteiger partial charge in [-0.25, -0.2) is 13.4 Å². The molecule has 0 N–H and O–H groups in total. The number of benzene rings is 2. The molecule has 0 aliphatic rings. The highest BCUT2D eigenvalue weighted by Gasteiger charge is 2.26. The van der Waals surface area contributed by atoms with Gasteiger partial charge in [0.1, 0.15) is 11.5 Å². The summed E-state index contributed by atoms with van der Waals surface area (Å²) in [7, 11) is -3.66. The van der Waals surface area contributed by atoms with Crippen molar-refractivity contribution in [1.29, 1.82) is 0 Å². The smallest absolute Gasteiger partial charge is 0.244 e. The Kier molecular flexibility index (Phi) is 5.93. The van der Waals surface area contributed by atoms with Crippen LogP contribution in [0.2, 0.25) is 0 Å². The Labute approximate surface area is 185 Å². The van der Waals surface area contributed by atoms with Crippen LogP contribution in [0.25, 0.3) is 10.2 Å². The topological polar surface area (TPSA) is 80.5 Å². The lowest BCUT2D eigenvalue weighted by molar-refractivity contribution is -0.116. The normalized spacial score (nSPS) is 11.7. The monoisotopic (exact) mass is 454 g/mol. The molecule has 0 aliphatic heterocycles. The number of furan rings is 1. The Hall–Kier alpha value is -2.97. The number of sulfone groups is 1. The Morgan fingerprint density at radius 2 is 1.87 bits per heavy atom. The number of rotatable bonds is 7. The Bertz CT molecular complexity index is 1310. The van der Waals surface area contributed by atoms with Gasteiger partial charge in [-0.3, -0.25) is 9.69 Å². The molecule has 0 bridgehead atoms. The van der Waals surface area contributed by atoms with Gasteiger partial charge in [0.2, 0.25) is 5.91 Å². The first kappa shape index (κ1) is 21.3. The maximum absolute atomic E-state index is 13.2. The van der Waals surface area contributed by atoms with E-state index >= 15 is 0 Å². The van der Waals surface area contributed by atoms with Crippen LogP contribution in [0.15, 0.2) is 65.3 Å². The van der Waals surface area contributed by atoms with Crippen molar-refractivity contribution in [1.82, 2.24) is 4.98 Å². The maximum atomic E-state index is 13.2. The zero-order chi connectivity index (χ0) is 22.0. The fourth-order valence-corrected chi connectivity index (χ4v) is 5.93. The van der Waals surface area contributed by atoms with Crippen LogP contribution < -0.4 is 4.90 Å². The van der Waals surface area contributed by atoms with Gasteiger partial charge in [-0.1, -0.05) is 47.7 Å². The van der Waals surface area contributed by atoms with Crippen molar-refractivity contribution in [2.45, 2.75) is 26.1 Å². The summed E-state index contributed by atoms with van der Waals surface area (Å²) in [6.07, 6.45) is 1.52. The van der Waals surface area contributed by atoms with Crippen LogP contribution in [-0.4, -0.2) is 25.1 Å². The lowest BCUT2D eigenvalue weighted by Gasteiger charge is -2.18. The van der Waals surface area contributed by atoms with Crippen molar-refractivity contribution in [3.05, 3.63) is 83.3 Å². The van der Waals surface area contributed by atoms with E-state index in [-0.39, 0.29) is 12.3 Å². The van der Waals surface area contributed by atoms with E-state index in [0.717, 1.165) is 21.3 Å². The van der Waals surface area contributed by atoms with Crippen molar-refractivity contribution in [3.63, 3.8) is 0 Å². The first-order valence-electron chi connectivity index (χ1n) is 9.75.